The molecule has 0 saturated carbocycles. The van der Waals surface area contributed by atoms with Crippen molar-refractivity contribution in [1.29, 1.82) is 0 Å². The lowest BCUT2D eigenvalue weighted by atomic mass is 10.1. The average Bonchev–Trinajstić information content (AvgIpc) is 2.91. The van der Waals surface area contributed by atoms with E-state index in [1.54, 1.807) is 23.3 Å². The highest BCUT2D eigenvalue weighted by molar-refractivity contribution is 5.84. The lowest BCUT2D eigenvalue weighted by molar-refractivity contribution is -0.119. The van der Waals surface area contributed by atoms with Gasteiger partial charge in [-0.15, -0.1) is 0 Å². The van der Waals surface area contributed by atoms with E-state index in [2.05, 4.69) is 28.0 Å². The van der Waals surface area contributed by atoms with E-state index in [-0.39, 0.29) is 18.0 Å². The number of aromatic nitrogens is 2. The molecule has 0 saturated heterocycles. The molecular formula is C23H27N5O2. The second-order valence-electron chi connectivity index (χ2n) is 7.41. The van der Waals surface area contributed by atoms with Crippen LogP contribution in [0.2, 0.25) is 0 Å². The van der Waals surface area contributed by atoms with Gasteiger partial charge >= 0.3 is 0 Å². The van der Waals surface area contributed by atoms with Crippen molar-refractivity contribution in [2.24, 2.45) is 12.1 Å². The SMILES string of the molecule is Cc1cc(C)c(NCC(=O)N/N=C\c2c(C)c(=O)n(-c3ccccc3)n2C)c(C)c1. The van der Waals surface area contributed by atoms with Crippen LogP contribution in [0.15, 0.2) is 52.4 Å². The zero-order valence-electron chi connectivity index (χ0n) is 18.0. The number of para-hydroxylation sites is 1. The van der Waals surface area contributed by atoms with E-state index < -0.39 is 0 Å². The molecule has 0 aliphatic heterocycles. The minimum Gasteiger partial charge on any atom is -0.376 e. The third-order valence-corrected chi connectivity index (χ3v) is 5.03. The Balaban J connectivity index is 1.69. The van der Waals surface area contributed by atoms with E-state index >= 15 is 0 Å². The van der Waals surface area contributed by atoms with Crippen molar-refractivity contribution in [2.75, 3.05) is 11.9 Å². The fourth-order valence-electron chi connectivity index (χ4n) is 3.63. The Morgan fingerprint density at radius 3 is 2.33 bits per heavy atom. The van der Waals surface area contributed by atoms with E-state index in [1.807, 2.05) is 51.1 Å². The zero-order chi connectivity index (χ0) is 21.8. The number of hydrogen-bond donors (Lipinski definition) is 2. The van der Waals surface area contributed by atoms with Crippen LogP contribution in [0.4, 0.5) is 5.69 Å². The number of hydrogen-bond acceptors (Lipinski definition) is 4. The minimum atomic E-state index is -0.268. The molecule has 0 bridgehead atoms. The van der Waals surface area contributed by atoms with Gasteiger partial charge in [0.25, 0.3) is 11.5 Å². The summed E-state index contributed by atoms with van der Waals surface area (Å²) in [4.78, 5) is 24.8. The molecule has 0 spiro atoms. The molecule has 1 amide bonds. The molecule has 0 fully saturated rings. The Labute approximate surface area is 176 Å². The Morgan fingerprint density at radius 2 is 1.70 bits per heavy atom. The quantitative estimate of drug-likeness (QED) is 0.489. The van der Waals surface area contributed by atoms with Gasteiger partial charge in [0, 0.05) is 18.3 Å². The summed E-state index contributed by atoms with van der Waals surface area (Å²) in [5.74, 6) is -0.268. The van der Waals surface area contributed by atoms with Gasteiger partial charge in [-0.05, 0) is 51.0 Å². The molecule has 0 unspecified atom stereocenters. The lowest BCUT2D eigenvalue weighted by Crippen LogP contribution is -2.26. The first-order valence-electron chi connectivity index (χ1n) is 9.77. The predicted molar refractivity (Wildman–Crippen MR) is 121 cm³/mol. The van der Waals surface area contributed by atoms with E-state index in [9.17, 15) is 9.59 Å². The van der Waals surface area contributed by atoms with Crippen LogP contribution in [0, 0.1) is 27.7 Å². The fourth-order valence-corrected chi connectivity index (χ4v) is 3.63. The van der Waals surface area contributed by atoms with Crippen LogP contribution in [-0.2, 0) is 11.8 Å². The number of carbonyl (C=O) groups is 1. The van der Waals surface area contributed by atoms with Gasteiger partial charge in [-0.25, -0.2) is 10.1 Å². The summed E-state index contributed by atoms with van der Waals surface area (Å²) in [7, 11) is 1.79. The summed E-state index contributed by atoms with van der Waals surface area (Å²) in [6.07, 6.45) is 1.50. The maximum absolute atomic E-state index is 12.6. The smallest absolute Gasteiger partial charge is 0.274 e. The number of nitrogens with one attached hydrogen (secondary N) is 2. The van der Waals surface area contributed by atoms with Crippen molar-refractivity contribution in [2.45, 2.75) is 27.7 Å². The second kappa shape index (κ2) is 8.82. The lowest BCUT2D eigenvalue weighted by Gasteiger charge is -2.13. The Kier molecular flexibility index (Phi) is 6.20. The maximum Gasteiger partial charge on any atom is 0.274 e. The van der Waals surface area contributed by atoms with Gasteiger partial charge in [0.2, 0.25) is 0 Å². The molecule has 3 aromatic rings. The number of anilines is 1. The molecule has 3 rings (SSSR count). The molecule has 0 aliphatic carbocycles. The molecular weight excluding hydrogens is 378 g/mol. The van der Waals surface area contributed by atoms with E-state index in [1.165, 1.54) is 11.8 Å². The first-order chi connectivity index (χ1) is 14.3. The molecule has 1 aromatic heterocycles. The van der Waals surface area contributed by atoms with Gasteiger partial charge in [0.1, 0.15) is 0 Å². The summed E-state index contributed by atoms with van der Waals surface area (Å²) in [6, 6.07) is 13.5. The number of carbonyl (C=O) groups excluding carboxylic acids is 1. The standard InChI is InChI=1S/C23H27N5O2/c1-15-11-16(2)22(17(3)12-15)24-14-21(29)26-25-13-20-18(4)23(30)28(27(20)5)19-9-7-6-8-10-19/h6-13,24H,14H2,1-5H3,(H,26,29)/b25-13-. The first kappa shape index (κ1) is 21.1. The molecule has 0 atom stereocenters. The molecule has 30 heavy (non-hydrogen) atoms. The maximum atomic E-state index is 12.6. The number of benzene rings is 2. The fraction of sp³-hybridized carbons (Fsp3) is 0.261. The van der Waals surface area contributed by atoms with Crippen molar-refractivity contribution in [1.82, 2.24) is 14.8 Å². The van der Waals surface area contributed by atoms with Crippen LogP contribution in [-0.4, -0.2) is 28.0 Å². The highest BCUT2D eigenvalue weighted by Crippen LogP contribution is 2.21. The van der Waals surface area contributed by atoms with Crippen LogP contribution >= 0.6 is 0 Å². The van der Waals surface area contributed by atoms with Crippen molar-refractivity contribution in [3.05, 3.63) is 80.8 Å². The molecule has 7 heteroatoms. The summed E-state index contributed by atoms with van der Waals surface area (Å²) >= 11 is 0. The van der Waals surface area contributed by atoms with Crippen LogP contribution < -0.4 is 16.3 Å². The zero-order valence-corrected chi connectivity index (χ0v) is 18.0. The highest BCUT2D eigenvalue weighted by atomic mass is 16.2. The topological polar surface area (TPSA) is 80.4 Å². The number of aryl methyl sites for hydroxylation is 3. The summed E-state index contributed by atoms with van der Waals surface area (Å²) in [5.41, 5.74) is 8.68. The Morgan fingerprint density at radius 1 is 1.07 bits per heavy atom. The minimum absolute atomic E-state index is 0.102. The number of amides is 1. The molecule has 0 aliphatic rings. The molecule has 156 valence electrons. The van der Waals surface area contributed by atoms with E-state index in [0.29, 0.717) is 11.3 Å². The van der Waals surface area contributed by atoms with E-state index in [0.717, 1.165) is 22.5 Å². The van der Waals surface area contributed by atoms with Gasteiger partial charge in [-0.1, -0.05) is 35.9 Å². The summed E-state index contributed by atoms with van der Waals surface area (Å²) in [6.45, 7) is 7.92. The monoisotopic (exact) mass is 405 g/mol. The first-order valence-corrected chi connectivity index (χ1v) is 9.77. The van der Waals surface area contributed by atoms with Gasteiger partial charge in [-0.2, -0.15) is 5.10 Å². The van der Waals surface area contributed by atoms with Crippen molar-refractivity contribution < 1.29 is 4.79 Å². The van der Waals surface area contributed by atoms with Gasteiger partial charge in [0.15, 0.2) is 0 Å². The summed E-state index contributed by atoms with van der Waals surface area (Å²) < 4.78 is 3.29. The van der Waals surface area contributed by atoms with Crippen LogP contribution in [0.5, 0.6) is 0 Å². The number of rotatable bonds is 6. The van der Waals surface area contributed by atoms with Crippen molar-refractivity contribution in [3.8, 4) is 5.69 Å². The van der Waals surface area contributed by atoms with Crippen LogP contribution in [0.25, 0.3) is 5.69 Å². The number of hydrazone groups is 1. The van der Waals surface area contributed by atoms with Crippen molar-refractivity contribution in [3.63, 3.8) is 0 Å². The van der Waals surface area contributed by atoms with E-state index in [4.69, 9.17) is 0 Å². The Hall–Kier alpha value is -3.61. The largest absolute Gasteiger partial charge is 0.376 e. The Bertz CT molecular complexity index is 1130. The molecule has 0 radical (unpaired) electrons. The molecule has 2 N–H and O–H groups in total. The van der Waals surface area contributed by atoms with Crippen LogP contribution in [0.3, 0.4) is 0 Å². The van der Waals surface area contributed by atoms with Gasteiger partial charge < -0.3 is 5.32 Å². The molecule has 2 aromatic carbocycles. The van der Waals surface area contributed by atoms with Crippen molar-refractivity contribution >= 4 is 17.8 Å². The van der Waals surface area contributed by atoms with Crippen LogP contribution in [0.1, 0.15) is 27.9 Å². The average molecular weight is 406 g/mol. The molecule has 7 nitrogen and oxygen atoms in total. The van der Waals surface area contributed by atoms with Gasteiger partial charge in [-0.3, -0.25) is 14.3 Å². The highest BCUT2D eigenvalue weighted by Gasteiger charge is 2.14. The normalized spacial score (nSPS) is 11.1. The third-order valence-electron chi connectivity index (χ3n) is 5.03. The second-order valence-corrected chi connectivity index (χ2v) is 7.41. The summed E-state index contributed by atoms with van der Waals surface area (Å²) in [5, 5.41) is 7.21. The predicted octanol–water partition coefficient (Wildman–Crippen LogP) is 2.97. The number of nitrogens with zero attached hydrogens (tertiary/aromatic N) is 3. The molecule has 1 heterocycles. The third kappa shape index (κ3) is 4.35. The van der Waals surface area contributed by atoms with Gasteiger partial charge in [0.05, 0.1) is 24.1 Å².